The van der Waals surface area contributed by atoms with Crippen LogP contribution in [0.3, 0.4) is 0 Å². The van der Waals surface area contributed by atoms with E-state index in [-0.39, 0.29) is 5.95 Å². The number of alkyl halides is 3. The monoisotopic (exact) mass is 540 g/mol. The Bertz CT molecular complexity index is 1570. The van der Waals surface area contributed by atoms with Gasteiger partial charge in [-0.05, 0) is 41.0 Å². The molecule has 2 aromatic carbocycles. The number of quaternary nitrogens is 1. The molecule has 10 nitrogen and oxygen atoms in total. The molecular weight excluding hydrogens is 519 g/mol. The molecule has 1 aliphatic rings. The van der Waals surface area contributed by atoms with E-state index in [1.807, 2.05) is 6.07 Å². The first kappa shape index (κ1) is 25.9. The molecule has 1 fully saturated rings. The van der Waals surface area contributed by atoms with Crippen LogP contribution in [-0.2, 0) is 21.0 Å². The van der Waals surface area contributed by atoms with Crippen LogP contribution in [0.2, 0.25) is 0 Å². The third-order valence-electron chi connectivity index (χ3n) is 6.39. The highest BCUT2D eigenvalue weighted by Gasteiger charge is 2.72. The standard InChI is InChI=1S/C26H21F3N5O5/c1-25(2)21(35)33(23-31-19-9-8-18(14-20(19)32-23)38-17-6-4-3-5-7-17)24(37)34(25,39-22(36)26(27,28)29)15-16-10-12-30-13-11-16/h3-14H,15H2,1-2H3,(H,31,32)/q+1. The molecular formula is C26H21F3N5O5+. The molecule has 200 valence electrons. The lowest BCUT2D eigenvalue weighted by atomic mass is 10.0. The minimum absolute atomic E-state index is 0.247. The molecule has 3 heterocycles. The van der Waals surface area contributed by atoms with Crippen LogP contribution in [0.15, 0.2) is 73.1 Å². The maximum atomic E-state index is 13.8. The van der Waals surface area contributed by atoms with Gasteiger partial charge in [0.05, 0.1) is 11.0 Å². The van der Waals surface area contributed by atoms with Crippen LogP contribution >= 0.6 is 0 Å². The van der Waals surface area contributed by atoms with Crippen LogP contribution in [0.1, 0.15) is 19.4 Å². The molecule has 5 rings (SSSR count). The van der Waals surface area contributed by atoms with Gasteiger partial charge in [0, 0.05) is 37.9 Å². The molecule has 1 saturated heterocycles. The first-order chi connectivity index (χ1) is 18.4. The van der Waals surface area contributed by atoms with E-state index in [1.165, 1.54) is 38.4 Å². The third-order valence-corrected chi connectivity index (χ3v) is 6.39. The number of imidazole rings is 1. The average Bonchev–Trinajstić information content (AvgIpc) is 3.36. The second kappa shape index (κ2) is 9.20. The zero-order chi connectivity index (χ0) is 28.0. The predicted octanol–water partition coefficient (Wildman–Crippen LogP) is 5.03. The van der Waals surface area contributed by atoms with Gasteiger partial charge in [-0.1, -0.05) is 18.2 Å². The maximum absolute atomic E-state index is 13.8. The third kappa shape index (κ3) is 4.46. The molecule has 1 aliphatic heterocycles. The number of aromatic nitrogens is 3. The van der Waals surface area contributed by atoms with Crippen molar-refractivity contribution in [3.8, 4) is 11.5 Å². The van der Waals surface area contributed by atoms with Crippen molar-refractivity contribution in [3.05, 3.63) is 78.6 Å². The van der Waals surface area contributed by atoms with Crippen LogP contribution in [0.5, 0.6) is 11.5 Å². The molecule has 1 atom stereocenters. The largest absolute Gasteiger partial charge is 0.497 e. The average molecular weight is 540 g/mol. The minimum atomic E-state index is -5.41. The fraction of sp³-hybridized carbons (Fsp3) is 0.192. The first-order valence-electron chi connectivity index (χ1n) is 11.6. The van der Waals surface area contributed by atoms with Crippen molar-refractivity contribution in [2.45, 2.75) is 32.1 Å². The summed E-state index contributed by atoms with van der Waals surface area (Å²) in [5.74, 6) is -2.77. The van der Waals surface area contributed by atoms with Crippen molar-refractivity contribution in [3.63, 3.8) is 0 Å². The predicted molar refractivity (Wildman–Crippen MR) is 130 cm³/mol. The summed E-state index contributed by atoms with van der Waals surface area (Å²) in [5.41, 5.74) is -0.899. The van der Waals surface area contributed by atoms with E-state index in [2.05, 4.69) is 15.0 Å². The number of imide groups is 1. The highest BCUT2D eigenvalue weighted by molar-refractivity contribution is 6.18. The number of rotatable bonds is 6. The Morgan fingerprint density at radius 3 is 2.38 bits per heavy atom. The van der Waals surface area contributed by atoms with Crippen molar-refractivity contribution >= 4 is 34.9 Å². The molecule has 1 N–H and O–H groups in total. The Morgan fingerprint density at radius 2 is 1.72 bits per heavy atom. The highest BCUT2D eigenvalue weighted by Crippen LogP contribution is 2.42. The number of nitrogens with one attached hydrogen (secondary N) is 1. The number of hydrogen-bond donors (Lipinski definition) is 1. The molecule has 1 unspecified atom stereocenters. The van der Waals surface area contributed by atoms with E-state index in [0.717, 1.165) is 0 Å². The lowest BCUT2D eigenvalue weighted by Crippen LogP contribution is -2.62. The Kier molecular flexibility index (Phi) is 6.10. The quantitative estimate of drug-likeness (QED) is 0.269. The van der Waals surface area contributed by atoms with Crippen LogP contribution in [-0.4, -0.2) is 49.2 Å². The molecule has 4 aromatic rings. The van der Waals surface area contributed by atoms with Gasteiger partial charge in [-0.2, -0.15) is 18.1 Å². The number of hydroxylamine groups is 3. The number of pyridine rings is 1. The number of ether oxygens (including phenoxy) is 1. The summed E-state index contributed by atoms with van der Waals surface area (Å²) in [4.78, 5) is 55.9. The van der Waals surface area contributed by atoms with Gasteiger partial charge in [0.2, 0.25) is 11.5 Å². The molecule has 2 aromatic heterocycles. The summed E-state index contributed by atoms with van der Waals surface area (Å²) in [6.45, 7) is 1.90. The second-order valence-electron chi connectivity index (χ2n) is 9.27. The van der Waals surface area contributed by atoms with Crippen molar-refractivity contribution in [2.75, 3.05) is 4.90 Å². The number of carbonyl (C=O) groups is 3. The minimum Gasteiger partial charge on any atom is -0.457 e. The molecule has 13 heteroatoms. The van der Waals surface area contributed by atoms with E-state index in [9.17, 15) is 27.6 Å². The first-order valence-corrected chi connectivity index (χ1v) is 11.6. The number of halogens is 3. The van der Waals surface area contributed by atoms with Crippen LogP contribution in [0, 0.1) is 0 Å². The fourth-order valence-corrected chi connectivity index (χ4v) is 4.26. The fourth-order valence-electron chi connectivity index (χ4n) is 4.26. The summed E-state index contributed by atoms with van der Waals surface area (Å²) in [7, 11) is 0. The zero-order valence-corrected chi connectivity index (χ0v) is 20.6. The molecule has 0 aliphatic carbocycles. The number of para-hydroxylation sites is 1. The summed E-state index contributed by atoms with van der Waals surface area (Å²) in [5, 5.41) is 0. The number of benzene rings is 2. The van der Waals surface area contributed by atoms with Gasteiger partial charge in [0.1, 0.15) is 11.5 Å². The van der Waals surface area contributed by atoms with Crippen molar-refractivity contribution in [2.24, 2.45) is 0 Å². The summed E-state index contributed by atoms with van der Waals surface area (Å²) in [6, 6.07) is 15.4. The maximum Gasteiger partial charge on any atom is 0.497 e. The van der Waals surface area contributed by atoms with E-state index in [1.54, 1.807) is 42.5 Å². The van der Waals surface area contributed by atoms with Gasteiger partial charge in [-0.15, -0.1) is 0 Å². The number of anilines is 1. The molecule has 39 heavy (non-hydrogen) atoms. The Morgan fingerprint density at radius 1 is 1.03 bits per heavy atom. The number of urea groups is 1. The number of aromatic amines is 1. The second-order valence-corrected chi connectivity index (χ2v) is 9.27. The van der Waals surface area contributed by atoms with Gasteiger partial charge in [-0.3, -0.25) is 14.6 Å². The molecule has 0 radical (unpaired) electrons. The summed E-state index contributed by atoms with van der Waals surface area (Å²) in [6.07, 6.45) is -2.69. The van der Waals surface area contributed by atoms with Crippen LogP contribution in [0.25, 0.3) is 11.0 Å². The van der Waals surface area contributed by atoms with E-state index >= 15 is 0 Å². The Hall–Kier alpha value is -4.78. The van der Waals surface area contributed by atoms with Gasteiger partial charge >= 0.3 is 24.1 Å². The van der Waals surface area contributed by atoms with Crippen LogP contribution < -0.4 is 9.64 Å². The molecule has 0 bridgehead atoms. The van der Waals surface area contributed by atoms with Gasteiger partial charge in [0.15, 0.2) is 6.54 Å². The lowest BCUT2D eigenvalue weighted by molar-refractivity contribution is -1.06. The molecule has 0 saturated carbocycles. The van der Waals surface area contributed by atoms with Gasteiger partial charge < -0.3 is 9.72 Å². The smallest absolute Gasteiger partial charge is 0.457 e. The number of nitrogens with zero attached hydrogens (tertiary/aromatic N) is 4. The molecule has 0 spiro atoms. The highest BCUT2D eigenvalue weighted by atomic mass is 19.4. The van der Waals surface area contributed by atoms with E-state index in [0.29, 0.717) is 33.0 Å². The Balaban J connectivity index is 1.55. The van der Waals surface area contributed by atoms with Crippen molar-refractivity contribution < 1.29 is 41.8 Å². The van der Waals surface area contributed by atoms with Crippen LogP contribution in [0.4, 0.5) is 23.9 Å². The number of hydrogen-bond acceptors (Lipinski definition) is 7. The van der Waals surface area contributed by atoms with Crippen molar-refractivity contribution in [1.29, 1.82) is 0 Å². The van der Waals surface area contributed by atoms with Gasteiger partial charge in [0.25, 0.3) is 0 Å². The van der Waals surface area contributed by atoms with E-state index < -0.39 is 40.8 Å². The normalized spacial score (nSPS) is 18.9. The number of H-pyrrole nitrogens is 1. The number of carbonyl (C=O) groups excluding carboxylic acids is 3. The zero-order valence-electron chi connectivity index (χ0n) is 20.6. The van der Waals surface area contributed by atoms with E-state index in [4.69, 9.17) is 9.57 Å². The lowest BCUT2D eigenvalue weighted by Gasteiger charge is -2.35. The SMILES string of the molecule is CC1(C)C(=O)N(c2nc3ccc(Oc4ccccc4)cc3[nH]2)C(=O)[N+]1(Cc1ccncc1)OC(=O)C(F)(F)F. The number of amides is 3. The summed E-state index contributed by atoms with van der Waals surface area (Å²) < 4.78 is 44.1. The topological polar surface area (TPSA) is 114 Å². The Labute approximate surface area is 219 Å². The number of fused-ring (bicyclic) bond motifs is 1. The van der Waals surface area contributed by atoms with Crippen molar-refractivity contribution in [1.82, 2.24) is 15.0 Å². The molecule has 3 amide bonds. The summed E-state index contributed by atoms with van der Waals surface area (Å²) >= 11 is 0. The van der Waals surface area contributed by atoms with Gasteiger partial charge in [-0.25, -0.2) is 14.6 Å².